The van der Waals surface area contributed by atoms with Crippen LogP contribution >= 0.6 is 23.2 Å². The molecule has 0 aromatic heterocycles. The van der Waals surface area contributed by atoms with E-state index in [4.69, 9.17) is 27.9 Å². The summed E-state index contributed by atoms with van der Waals surface area (Å²) in [6.07, 6.45) is 0.495. The topological polar surface area (TPSA) is 18.5 Å². The fourth-order valence-corrected chi connectivity index (χ4v) is 2.02. The van der Waals surface area contributed by atoms with Crippen molar-refractivity contribution in [2.45, 2.75) is 20.0 Å². The summed E-state index contributed by atoms with van der Waals surface area (Å²) in [5, 5.41) is 0.408. The Balaban J connectivity index is 3.28. The minimum absolute atomic E-state index is 0.0913. The van der Waals surface area contributed by atoms with E-state index in [1.165, 1.54) is 13.2 Å². The molecule has 1 aromatic carbocycles. The smallest absolute Gasteiger partial charge is 0.387 e. The molecule has 0 atom stereocenters. The number of hydrogen-bond acceptors (Lipinski definition) is 2. The van der Waals surface area contributed by atoms with E-state index >= 15 is 0 Å². The molecule has 2 nitrogen and oxygen atoms in total. The predicted molar refractivity (Wildman–Crippen MR) is 59.0 cm³/mol. The number of halogens is 4. The van der Waals surface area contributed by atoms with Gasteiger partial charge in [0, 0.05) is 6.07 Å². The van der Waals surface area contributed by atoms with Gasteiger partial charge in [-0.1, -0.05) is 30.1 Å². The van der Waals surface area contributed by atoms with Crippen molar-refractivity contribution < 1.29 is 18.3 Å². The first kappa shape index (κ1) is 13.3. The second-order valence-electron chi connectivity index (χ2n) is 2.92. The van der Waals surface area contributed by atoms with E-state index in [0.29, 0.717) is 17.0 Å². The van der Waals surface area contributed by atoms with Crippen LogP contribution in [0.3, 0.4) is 0 Å². The van der Waals surface area contributed by atoms with Gasteiger partial charge in [0.25, 0.3) is 0 Å². The first-order valence-electron chi connectivity index (χ1n) is 4.50. The highest BCUT2D eigenvalue weighted by Crippen LogP contribution is 2.41. The maximum absolute atomic E-state index is 12.1. The van der Waals surface area contributed by atoms with Gasteiger partial charge in [0.1, 0.15) is 11.5 Å². The standard InChI is InChI=1S/C10H10Cl2F2O2/c1-3-5-8(11)6(15-2)4-7(9(5)12)16-10(13)14/h4,10H,3H2,1-2H3. The Bertz CT molecular complexity index is 384. The Morgan fingerprint density at radius 3 is 2.25 bits per heavy atom. The van der Waals surface area contributed by atoms with Gasteiger partial charge in [-0.05, 0) is 12.0 Å². The molecule has 0 fully saturated rings. The molecule has 0 heterocycles. The van der Waals surface area contributed by atoms with Gasteiger partial charge in [-0.25, -0.2) is 0 Å². The van der Waals surface area contributed by atoms with Crippen molar-refractivity contribution >= 4 is 23.2 Å². The summed E-state index contributed by atoms with van der Waals surface area (Å²) in [6.45, 7) is -1.13. The molecule has 0 aliphatic heterocycles. The van der Waals surface area contributed by atoms with Gasteiger partial charge in [-0.3, -0.25) is 0 Å². The molecular formula is C10H10Cl2F2O2. The van der Waals surface area contributed by atoms with E-state index in [1.54, 1.807) is 6.92 Å². The fraction of sp³-hybridized carbons (Fsp3) is 0.400. The quantitative estimate of drug-likeness (QED) is 0.818. The van der Waals surface area contributed by atoms with Crippen molar-refractivity contribution in [2.75, 3.05) is 7.11 Å². The highest BCUT2D eigenvalue weighted by Gasteiger charge is 2.18. The van der Waals surface area contributed by atoms with Gasteiger partial charge < -0.3 is 9.47 Å². The number of benzene rings is 1. The van der Waals surface area contributed by atoms with Crippen molar-refractivity contribution in [3.05, 3.63) is 21.7 Å². The molecule has 0 unspecified atom stereocenters. The van der Waals surface area contributed by atoms with Crippen LogP contribution in [0.2, 0.25) is 10.0 Å². The van der Waals surface area contributed by atoms with Crippen molar-refractivity contribution in [3.63, 3.8) is 0 Å². The molecule has 0 amide bonds. The molecule has 0 aliphatic carbocycles. The van der Waals surface area contributed by atoms with E-state index in [2.05, 4.69) is 4.74 Å². The largest absolute Gasteiger partial charge is 0.495 e. The van der Waals surface area contributed by atoms with Gasteiger partial charge in [0.05, 0.1) is 17.2 Å². The summed E-state index contributed by atoms with van der Waals surface area (Å²) < 4.78 is 33.5. The summed E-state index contributed by atoms with van der Waals surface area (Å²) in [6, 6.07) is 1.25. The van der Waals surface area contributed by atoms with Crippen LogP contribution in [0.25, 0.3) is 0 Å². The number of hydrogen-bond donors (Lipinski definition) is 0. The van der Waals surface area contributed by atoms with Crippen LogP contribution in [-0.4, -0.2) is 13.7 Å². The molecule has 0 bridgehead atoms. The lowest BCUT2D eigenvalue weighted by molar-refractivity contribution is -0.0499. The molecule has 0 saturated carbocycles. The third kappa shape index (κ3) is 2.68. The fourth-order valence-electron chi connectivity index (χ4n) is 1.28. The Morgan fingerprint density at radius 2 is 1.81 bits per heavy atom. The zero-order valence-electron chi connectivity index (χ0n) is 8.69. The molecule has 0 saturated heterocycles. The van der Waals surface area contributed by atoms with E-state index in [0.717, 1.165) is 0 Å². The highest BCUT2D eigenvalue weighted by molar-refractivity contribution is 6.37. The van der Waals surface area contributed by atoms with E-state index in [1.807, 2.05) is 0 Å². The van der Waals surface area contributed by atoms with Gasteiger partial charge in [0.2, 0.25) is 0 Å². The molecule has 1 rings (SSSR count). The minimum Gasteiger partial charge on any atom is -0.495 e. The zero-order valence-corrected chi connectivity index (χ0v) is 10.2. The Kier molecular flexibility index (Phi) is 4.62. The number of methoxy groups -OCH3 is 1. The average Bonchev–Trinajstić information content (AvgIpc) is 2.22. The average molecular weight is 271 g/mol. The third-order valence-corrected chi connectivity index (χ3v) is 2.84. The SMILES string of the molecule is CCc1c(Cl)c(OC)cc(OC(F)F)c1Cl. The molecule has 0 radical (unpaired) electrons. The molecule has 0 N–H and O–H groups in total. The van der Waals surface area contributed by atoms with Crippen LogP contribution < -0.4 is 9.47 Å². The first-order valence-corrected chi connectivity index (χ1v) is 5.26. The van der Waals surface area contributed by atoms with Crippen LogP contribution in [-0.2, 0) is 6.42 Å². The molecule has 16 heavy (non-hydrogen) atoms. The Labute approximate surface area is 102 Å². The summed E-state index contributed by atoms with van der Waals surface area (Å²) in [5.74, 6) is 0.133. The van der Waals surface area contributed by atoms with Gasteiger partial charge in [0.15, 0.2) is 0 Å². The van der Waals surface area contributed by atoms with Crippen molar-refractivity contribution in [1.82, 2.24) is 0 Å². The highest BCUT2D eigenvalue weighted by atomic mass is 35.5. The van der Waals surface area contributed by atoms with Gasteiger partial charge >= 0.3 is 6.61 Å². The van der Waals surface area contributed by atoms with E-state index in [-0.39, 0.29) is 16.5 Å². The predicted octanol–water partition coefficient (Wildman–Crippen LogP) is 4.17. The molecule has 90 valence electrons. The van der Waals surface area contributed by atoms with Gasteiger partial charge in [-0.15, -0.1) is 0 Å². The van der Waals surface area contributed by atoms with Crippen LogP contribution in [0.4, 0.5) is 8.78 Å². The normalized spacial score (nSPS) is 10.7. The molecule has 0 spiro atoms. The third-order valence-electron chi connectivity index (χ3n) is 2.01. The zero-order chi connectivity index (χ0) is 12.3. The molecule has 0 aliphatic rings. The van der Waals surface area contributed by atoms with Crippen LogP contribution in [0.15, 0.2) is 6.07 Å². The summed E-state index contributed by atoms with van der Waals surface area (Å²) in [7, 11) is 1.39. The summed E-state index contributed by atoms with van der Waals surface area (Å²) in [4.78, 5) is 0. The second kappa shape index (κ2) is 5.55. The van der Waals surface area contributed by atoms with Crippen molar-refractivity contribution in [1.29, 1.82) is 0 Å². The maximum Gasteiger partial charge on any atom is 0.387 e. The minimum atomic E-state index is -2.94. The van der Waals surface area contributed by atoms with Crippen LogP contribution in [0.5, 0.6) is 11.5 Å². The van der Waals surface area contributed by atoms with Crippen molar-refractivity contribution in [3.8, 4) is 11.5 Å². The lowest BCUT2D eigenvalue weighted by atomic mass is 10.1. The van der Waals surface area contributed by atoms with Crippen LogP contribution in [0, 0.1) is 0 Å². The number of rotatable bonds is 4. The monoisotopic (exact) mass is 270 g/mol. The number of ether oxygens (including phenoxy) is 2. The lowest BCUT2D eigenvalue weighted by Crippen LogP contribution is -2.04. The van der Waals surface area contributed by atoms with E-state index < -0.39 is 6.61 Å². The van der Waals surface area contributed by atoms with Crippen molar-refractivity contribution in [2.24, 2.45) is 0 Å². The Morgan fingerprint density at radius 1 is 1.25 bits per heavy atom. The van der Waals surface area contributed by atoms with E-state index in [9.17, 15) is 8.78 Å². The Hall–Kier alpha value is -0.740. The second-order valence-corrected chi connectivity index (χ2v) is 3.67. The molecule has 1 aromatic rings. The first-order chi connectivity index (χ1) is 7.51. The molecular weight excluding hydrogens is 261 g/mol. The summed E-state index contributed by atoms with van der Waals surface area (Å²) >= 11 is 11.9. The maximum atomic E-state index is 12.1. The summed E-state index contributed by atoms with van der Waals surface area (Å²) in [5.41, 5.74) is 0.526. The number of alkyl halides is 2. The lowest BCUT2D eigenvalue weighted by Gasteiger charge is -2.14. The van der Waals surface area contributed by atoms with Gasteiger partial charge in [-0.2, -0.15) is 8.78 Å². The molecule has 6 heteroatoms. The van der Waals surface area contributed by atoms with Crippen LogP contribution in [0.1, 0.15) is 12.5 Å².